The Kier molecular flexibility index (Phi) is 4.44. The zero-order valence-electron chi connectivity index (χ0n) is 16.3. The summed E-state index contributed by atoms with van der Waals surface area (Å²) in [7, 11) is 1.68. The number of para-hydroxylation sites is 1. The smallest absolute Gasteiger partial charge is 0.214 e. The number of hydrazone groups is 1. The van der Waals surface area contributed by atoms with Gasteiger partial charge in [0.25, 0.3) is 0 Å². The summed E-state index contributed by atoms with van der Waals surface area (Å²) in [5.41, 5.74) is 5.49. The molecule has 2 aliphatic heterocycles. The van der Waals surface area contributed by atoms with E-state index in [-0.39, 0.29) is 12.3 Å². The van der Waals surface area contributed by atoms with E-state index in [1.54, 1.807) is 7.11 Å². The van der Waals surface area contributed by atoms with Crippen LogP contribution in [0.3, 0.4) is 0 Å². The second-order valence-electron chi connectivity index (χ2n) is 7.41. The van der Waals surface area contributed by atoms with Crippen molar-refractivity contribution in [2.45, 2.75) is 25.6 Å². The molecule has 146 valence electrons. The van der Waals surface area contributed by atoms with Gasteiger partial charge in [-0.25, -0.2) is 5.01 Å². The van der Waals surface area contributed by atoms with Gasteiger partial charge in [0, 0.05) is 22.6 Å². The first-order chi connectivity index (χ1) is 14.1. The monoisotopic (exact) mass is 404 g/mol. The molecular weight excluding hydrogens is 384 g/mol. The normalized spacial score (nSPS) is 19.8. The predicted molar refractivity (Wildman–Crippen MR) is 115 cm³/mol. The van der Waals surface area contributed by atoms with E-state index in [0.717, 1.165) is 45.3 Å². The van der Waals surface area contributed by atoms with Crippen molar-refractivity contribution >= 4 is 17.3 Å². The van der Waals surface area contributed by atoms with Gasteiger partial charge in [0.05, 0.1) is 18.9 Å². The Bertz CT molecular complexity index is 1080. The van der Waals surface area contributed by atoms with Gasteiger partial charge >= 0.3 is 0 Å². The molecule has 0 aliphatic carbocycles. The molecule has 0 aromatic heterocycles. The number of ether oxygens (including phenoxy) is 2. The number of halogens is 1. The molecule has 29 heavy (non-hydrogen) atoms. The fraction of sp³-hybridized carbons (Fsp3) is 0.208. The lowest BCUT2D eigenvalue weighted by Gasteiger charge is -2.38. The molecule has 0 N–H and O–H groups in total. The molecule has 0 unspecified atom stereocenters. The van der Waals surface area contributed by atoms with E-state index in [9.17, 15) is 0 Å². The van der Waals surface area contributed by atoms with Gasteiger partial charge in [-0.05, 0) is 30.7 Å². The number of fused-ring (bicyclic) bond motifs is 3. The minimum Gasteiger partial charge on any atom is -0.493 e. The number of methoxy groups -OCH3 is 1. The first-order valence-corrected chi connectivity index (χ1v) is 10.0. The summed E-state index contributed by atoms with van der Waals surface area (Å²) >= 11 is 6.07. The molecule has 5 heteroatoms. The third-order valence-corrected chi connectivity index (χ3v) is 5.79. The van der Waals surface area contributed by atoms with Crippen molar-refractivity contribution in [2.75, 3.05) is 7.11 Å². The van der Waals surface area contributed by atoms with Crippen LogP contribution in [0.15, 0.2) is 71.8 Å². The van der Waals surface area contributed by atoms with Crippen LogP contribution in [-0.2, 0) is 0 Å². The summed E-state index contributed by atoms with van der Waals surface area (Å²) in [5.74, 6) is 1.55. The Morgan fingerprint density at radius 1 is 1.03 bits per heavy atom. The number of hydrogen-bond acceptors (Lipinski definition) is 4. The molecule has 0 saturated carbocycles. The van der Waals surface area contributed by atoms with E-state index in [2.05, 4.69) is 42.3 Å². The third kappa shape index (κ3) is 3.14. The van der Waals surface area contributed by atoms with Gasteiger partial charge < -0.3 is 9.47 Å². The summed E-state index contributed by atoms with van der Waals surface area (Å²) < 4.78 is 12.1. The van der Waals surface area contributed by atoms with Gasteiger partial charge in [0.15, 0.2) is 11.5 Å². The van der Waals surface area contributed by atoms with Gasteiger partial charge in [0.2, 0.25) is 6.23 Å². The summed E-state index contributed by atoms with van der Waals surface area (Å²) in [5, 5.41) is 7.79. The number of rotatable bonds is 3. The summed E-state index contributed by atoms with van der Waals surface area (Å²) in [6.07, 6.45) is 0.488. The Balaban J connectivity index is 1.61. The Morgan fingerprint density at radius 2 is 1.79 bits per heavy atom. The average Bonchev–Trinajstić information content (AvgIpc) is 3.19. The minimum absolute atomic E-state index is 0.0887. The molecule has 2 aliphatic rings. The number of aryl methyl sites for hydroxylation is 1. The van der Waals surface area contributed by atoms with E-state index in [1.807, 2.05) is 36.4 Å². The van der Waals surface area contributed by atoms with Crippen LogP contribution in [0.2, 0.25) is 5.02 Å². The summed E-state index contributed by atoms with van der Waals surface area (Å²) in [6.45, 7) is 2.08. The average molecular weight is 405 g/mol. The standard InChI is InChI=1S/C24H21ClN2O2/c1-15-6-8-17(9-7-15)24-27-21(19-4-3-5-22(28-2)23(19)29-24)14-20(26-27)16-10-12-18(25)13-11-16/h3-13,21,24H,14H2,1-2H3/t21-,24-/m0/s1. The summed E-state index contributed by atoms with van der Waals surface area (Å²) in [4.78, 5) is 0. The van der Waals surface area contributed by atoms with E-state index >= 15 is 0 Å². The van der Waals surface area contributed by atoms with E-state index in [0.29, 0.717) is 0 Å². The van der Waals surface area contributed by atoms with Crippen molar-refractivity contribution in [3.63, 3.8) is 0 Å². The highest BCUT2D eigenvalue weighted by molar-refractivity contribution is 6.30. The summed E-state index contributed by atoms with van der Waals surface area (Å²) in [6, 6.07) is 22.4. The maximum atomic E-state index is 6.47. The fourth-order valence-electron chi connectivity index (χ4n) is 4.01. The highest BCUT2D eigenvalue weighted by Crippen LogP contribution is 2.50. The Hall–Kier alpha value is -2.98. The van der Waals surface area contributed by atoms with Gasteiger partial charge in [0.1, 0.15) is 0 Å². The van der Waals surface area contributed by atoms with Crippen molar-refractivity contribution in [2.24, 2.45) is 5.10 Å². The lowest BCUT2D eigenvalue weighted by molar-refractivity contribution is -0.0209. The van der Waals surface area contributed by atoms with Crippen LogP contribution in [0.5, 0.6) is 11.5 Å². The molecule has 2 heterocycles. The number of hydrogen-bond donors (Lipinski definition) is 0. The van der Waals surface area contributed by atoms with Crippen molar-refractivity contribution in [1.82, 2.24) is 5.01 Å². The van der Waals surface area contributed by atoms with Crippen LogP contribution in [0.4, 0.5) is 0 Å². The topological polar surface area (TPSA) is 34.1 Å². The van der Waals surface area contributed by atoms with Crippen LogP contribution >= 0.6 is 11.6 Å². The van der Waals surface area contributed by atoms with Gasteiger partial charge in [-0.3, -0.25) is 0 Å². The molecule has 0 fully saturated rings. The molecule has 0 spiro atoms. The lowest BCUT2D eigenvalue weighted by Crippen LogP contribution is -2.33. The maximum absolute atomic E-state index is 6.47. The first kappa shape index (κ1) is 18.1. The van der Waals surface area contributed by atoms with Crippen molar-refractivity contribution in [3.8, 4) is 11.5 Å². The molecule has 4 nitrogen and oxygen atoms in total. The third-order valence-electron chi connectivity index (χ3n) is 5.54. The molecule has 0 amide bonds. The molecule has 2 atom stereocenters. The van der Waals surface area contributed by atoms with Gasteiger partial charge in [-0.2, -0.15) is 5.10 Å². The van der Waals surface area contributed by atoms with E-state index < -0.39 is 0 Å². The van der Waals surface area contributed by atoms with Crippen LogP contribution in [0.1, 0.15) is 40.9 Å². The van der Waals surface area contributed by atoms with Gasteiger partial charge in [-0.1, -0.05) is 65.7 Å². The molecule has 5 rings (SSSR count). The molecule has 0 bridgehead atoms. The quantitative estimate of drug-likeness (QED) is 0.545. The zero-order chi connectivity index (χ0) is 20.0. The second kappa shape index (κ2) is 7.12. The highest BCUT2D eigenvalue weighted by atomic mass is 35.5. The zero-order valence-corrected chi connectivity index (χ0v) is 17.1. The van der Waals surface area contributed by atoms with Crippen LogP contribution in [0, 0.1) is 6.92 Å². The van der Waals surface area contributed by atoms with E-state index in [1.165, 1.54) is 5.56 Å². The predicted octanol–water partition coefficient (Wildman–Crippen LogP) is 5.90. The van der Waals surface area contributed by atoms with Crippen molar-refractivity contribution in [1.29, 1.82) is 0 Å². The lowest BCUT2D eigenvalue weighted by atomic mass is 9.95. The second-order valence-corrected chi connectivity index (χ2v) is 7.85. The highest BCUT2D eigenvalue weighted by Gasteiger charge is 2.42. The fourth-order valence-corrected chi connectivity index (χ4v) is 4.14. The SMILES string of the molecule is COc1cccc2c1O[C@@H](c1ccc(C)cc1)N1N=C(c3ccc(Cl)cc3)C[C@@H]21. The minimum atomic E-state index is -0.311. The molecule has 0 radical (unpaired) electrons. The van der Waals surface area contributed by atoms with Crippen molar-refractivity contribution < 1.29 is 9.47 Å². The van der Waals surface area contributed by atoms with Crippen LogP contribution < -0.4 is 9.47 Å². The Labute approximate surface area is 175 Å². The molecular formula is C24H21ClN2O2. The van der Waals surface area contributed by atoms with Crippen LogP contribution in [0.25, 0.3) is 0 Å². The number of benzene rings is 3. The Morgan fingerprint density at radius 3 is 2.52 bits per heavy atom. The number of nitrogens with zero attached hydrogens (tertiary/aromatic N) is 2. The molecule has 3 aromatic rings. The maximum Gasteiger partial charge on any atom is 0.214 e. The van der Waals surface area contributed by atoms with E-state index in [4.69, 9.17) is 26.2 Å². The van der Waals surface area contributed by atoms with Crippen molar-refractivity contribution in [3.05, 3.63) is 94.0 Å². The van der Waals surface area contributed by atoms with Gasteiger partial charge in [-0.15, -0.1) is 0 Å². The van der Waals surface area contributed by atoms with Crippen LogP contribution in [-0.4, -0.2) is 17.8 Å². The molecule has 0 saturated heterocycles. The molecule has 3 aromatic carbocycles. The largest absolute Gasteiger partial charge is 0.493 e. The first-order valence-electron chi connectivity index (χ1n) is 9.66.